The fourth-order valence-electron chi connectivity index (χ4n) is 2.05. The van der Waals surface area contributed by atoms with Gasteiger partial charge in [-0.1, -0.05) is 37.4 Å². The molecule has 0 aliphatic carbocycles. The molecule has 0 bridgehead atoms. The summed E-state index contributed by atoms with van der Waals surface area (Å²) in [6.45, 7) is 7.51. The third-order valence-corrected chi connectivity index (χ3v) is 3.01. The molecule has 3 rings (SSSR count). The SMILES string of the molecule is C=Cc1cnc2c(ccc3cc(C=C)cnc32)c1. The molecule has 2 nitrogen and oxygen atoms in total. The van der Waals surface area contributed by atoms with E-state index in [1.165, 1.54) is 0 Å². The quantitative estimate of drug-likeness (QED) is 0.622. The molecule has 0 aliphatic heterocycles. The molecule has 0 amide bonds. The Balaban J connectivity index is 2.39. The van der Waals surface area contributed by atoms with Crippen molar-refractivity contribution >= 4 is 34.0 Å². The lowest BCUT2D eigenvalue weighted by Crippen LogP contribution is -1.87. The second kappa shape index (κ2) is 4.08. The fraction of sp³-hybridized carbons (Fsp3) is 0. The van der Waals surface area contributed by atoms with Crippen LogP contribution in [0.15, 0.2) is 49.8 Å². The van der Waals surface area contributed by atoms with E-state index in [2.05, 4.69) is 47.4 Å². The van der Waals surface area contributed by atoms with Crippen molar-refractivity contribution in [3.63, 3.8) is 0 Å². The molecule has 2 heterocycles. The lowest BCUT2D eigenvalue weighted by Gasteiger charge is -2.04. The zero-order valence-electron chi connectivity index (χ0n) is 9.93. The van der Waals surface area contributed by atoms with Crippen molar-refractivity contribution in [2.45, 2.75) is 0 Å². The summed E-state index contributed by atoms with van der Waals surface area (Å²) in [7, 11) is 0. The lowest BCUT2D eigenvalue weighted by atomic mass is 10.1. The minimum absolute atomic E-state index is 0.925. The molecule has 0 saturated heterocycles. The zero-order chi connectivity index (χ0) is 12.5. The predicted octanol–water partition coefficient (Wildman–Crippen LogP) is 4.07. The van der Waals surface area contributed by atoms with Gasteiger partial charge in [0.1, 0.15) is 0 Å². The number of rotatable bonds is 2. The molecule has 0 unspecified atom stereocenters. The van der Waals surface area contributed by atoms with Gasteiger partial charge in [-0.3, -0.25) is 9.97 Å². The van der Waals surface area contributed by atoms with Crippen molar-refractivity contribution in [2.75, 3.05) is 0 Å². The number of benzene rings is 1. The van der Waals surface area contributed by atoms with E-state index in [4.69, 9.17) is 0 Å². The smallest absolute Gasteiger partial charge is 0.0964 e. The Kier molecular flexibility index (Phi) is 2.41. The number of fused-ring (bicyclic) bond motifs is 3. The highest BCUT2D eigenvalue weighted by atomic mass is 14.7. The van der Waals surface area contributed by atoms with Crippen molar-refractivity contribution in [3.8, 4) is 0 Å². The van der Waals surface area contributed by atoms with Crippen LogP contribution < -0.4 is 0 Å². The largest absolute Gasteiger partial charge is 0.253 e. The molecule has 3 aromatic rings. The standard InChI is InChI=1S/C16H12N2/c1-3-11-7-13-5-6-14-8-12(4-2)10-18-16(14)15(13)17-9-11/h3-10H,1-2H2. The predicted molar refractivity (Wildman–Crippen MR) is 77.2 cm³/mol. The maximum atomic E-state index is 4.48. The van der Waals surface area contributed by atoms with Crippen molar-refractivity contribution < 1.29 is 0 Å². The van der Waals surface area contributed by atoms with Gasteiger partial charge in [-0.25, -0.2) is 0 Å². The Morgan fingerprint density at radius 3 is 1.61 bits per heavy atom. The Morgan fingerprint density at radius 2 is 1.22 bits per heavy atom. The molecule has 1 aromatic carbocycles. The third kappa shape index (κ3) is 1.59. The number of hydrogen-bond donors (Lipinski definition) is 0. The lowest BCUT2D eigenvalue weighted by molar-refractivity contribution is 1.36. The molecule has 0 atom stereocenters. The summed E-state index contributed by atoms with van der Waals surface area (Å²) in [4.78, 5) is 8.95. The van der Waals surface area contributed by atoms with E-state index in [1.807, 2.05) is 12.4 Å². The number of pyridine rings is 2. The van der Waals surface area contributed by atoms with Crippen molar-refractivity contribution in [2.24, 2.45) is 0 Å². The van der Waals surface area contributed by atoms with Crippen LogP contribution in [-0.4, -0.2) is 9.97 Å². The van der Waals surface area contributed by atoms with Gasteiger partial charge in [-0.2, -0.15) is 0 Å². The van der Waals surface area contributed by atoms with Crippen LogP contribution in [0.4, 0.5) is 0 Å². The zero-order valence-corrected chi connectivity index (χ0v) is 9.93. The highest BCUT2D eigenvalue weighted by Crippen LogP contribution is 2.23. The van der Waals surface area contributed by atoms with Crippen LogP contribution in [0, 0.1) is 0 Å². The highest BCUT2D eigenvalue weighted by Gasteiger charge is 2.03. The van der Waals surface area contributed by atoms with Gasteiger partial charge < -0.3 is 0 Å². The summed E-state index contributed by atoms with van der Waals surface area (Å²) in [6, 6.07) is 8.26. The average molecular weight is 232 g/mol. The molecular weight excluding hydrogens is 220 g/mol. The van der Waals surface area contributed by atoms with Gasteiger partial charge in [0.05, 0.1) is 11.0 Å². The monoisotopic (exact) mass is 232 g/mol. The summed E-state index contributed by atoms with van der Waals surface area (Å²) >= 11 is 0. The van der Waals surface area contributed by atoms with Crippen LogP contribution in [0.3, 0.4) is 0 Å². The molecular formula is C16H12N2. The fourth-order valence-corrected chi connectivity index (χ4v) is 2.05. The van der Waals surface area contributed by atoms with E-state index >= 15 is 0 Å². The first-order valence-electron chi connectivity index (χ1n) is 5.75. The Morgan fingerprint density at radius 1 is 0.778 bits per heavy atom. The molecule has 0 N–H and O–H groups in total. The van der Waals surface area contributed by atoms with Gasteiger partial charge in [0.25, 0.3) is 0 Å². The summed E-state index contributed by atoms with van der Waals surface area (Å²) in [5, 5.41) is 2.16. The molecule has 18 heavy (non-hydrogen) atoms. The molecule has 0 saturated carbocycles. The van der Waals surface area contributed by atoms with Gasteiger partial charge in [0, 0.05) is 23.2 Å². The second-order valence-electron chi connectivity index (χ2n) is 4.15. The molecule has 2 heteroatoms. The van der Waals surface area contributed by atoms with Gasteiger partial charge in [0.2, 0.25) is 0 Å². The van der Waals surface area contributed by atoms with Crippen molar-refractivity contribution in [1.29, 1.82) is 0 Å². The van der Waals surface area contributed by atoms with Crippen LogP contribution in [0.2, 0.25) is 0 Å². The van der Waals surface area contributed by atoms with E-state index in [0.29, 0.717) is 0 Å². The van der Waals surface area contributed by atoms with Gasteiger partial charge in [-0.15, -0.1) is 0 Å². The highest BCUT2D eigenvalue weighted by molar-refractivity contribution is 6.03. The van der Waals surface area contributed by atoms with Gasteiger partial charge in [0.15, 0.2) is 0 Å². The Labute approximate surface area is 105 Å². The molecule has 0 fully saturated rings. The van der Waals surface area contributed by atoms with Crippen molar-refractivity contribution in [3.05, 3.63) is 60.9 Å². The number of nitrogens with zero attached hydrogens (tertiary/aromatic N) is 2. The third-order valence-electron chi connectivity index (χ3n) is 3.01. The first-order valence-corrected chi connectivity index (χ1v) is 5.75. The van der Waals surface area contributed by atoms with E-state index in [0.717, 1.165) is 32.9 Å². The maximum absolute atomic E-state index is 4.48. The summed E-state index contributed by atoms with van der Waals surface area (Å²) in [5.74, 6) is 0. The van der Waals surface area contributed by atoms with Gasteiger partial charge in [-0.05, 0) is 23.3 Å². The van der Waals surface area contributed by atoms with E-state index in [9.17, 15) is 0 Å². The average Bonchev–Trinajstić information content (AvgIpc) is 2.45. The van der Waals surface area contributed by atoms with Gasteiger partial charge >= 0.3 is 0 Å². The summed E-state index contributed by atoms with van der Waals surface area (Å²) < 4.78 is 0. The van der Waals surface area contributed by atoms with Crippen LogP contribution in [-0.2, 0) is 0 Å². The molecule has 0 spiro atoms. The minimum atomic E-state index is 0.925. The first-order chi connectivity index (χ1) is 8.81. The maximum Gasteiger partial charge on any atom is 0.0964 e. The molecule has 2 aromatic heterocycles. The van der Waals surface area contributed by atoms with Crippen LogP contribution in [0.5, 0.6) is 0 Å². The van der Waals surface area contributed by atoms with E-state index in [-0.39, 0.29) is 0 Å². The second-order valence-corrected chi connectivity index (χ2v) is 4.15. The minimum Gasteiger partial charge on any atom is -0.253 e. The van der Waals surface area contributed by atoms with Crippen LogP contribution >= 0.6 is 0 Å². The van der Waals surface area contributed by atoms with Crippen molar-refractivity contribution in [1.82, 2.24) is 9.97 Å². The first kappa shape index (κ1) is 10.7. The number of hydrogen-bond acceptors (Lipinski definition) is 2. The Bertz CT molecular complexity index is 706. The summed E-state index contributed by atoms with van der Waals surface area (Å²) in [5.41, 5.74) is 3.89. The van der Waals surface area contributed by atoms with Crippen LogP contribution in [0.1, 0.15) is 11.1 Å². The Hall–Kier alpha value is -2.48. The molecule has 0 aliphatic rings. The van der Waals surface area contributed by atoms with Crippen LogP contribution in [0.25, 0.3) is 34.0 Å². The molecule has 0 radical (unpaired) electrons. The van der Waals surface area contributed by atoms with E-state index < -0.39 is 0 Å². The molecule has 86 valence electrons. The number of aromatic nitrogens is 2. The van der Waals surface area contributed by atoms with E-state index in [1.54, 1.807) is 12.2 Å². The topological polar surface area (TPSA) is 25.8 Å². The summed E-state index contributed by atoms with van der Waals surface area (Å²) in [6.07, 6.45) is 7.23. The normalized spacial score (nSPS) is 10.7.